The minimum absolute atomic E-state index is 0.139. The van der Waals surface area contributed by atoms with E-state index >= 15 is 0 Å². The highest BCUT2D eigenvalue weighted by Gasteiger charge is 2.53. The molecule has 2 amide bonds. The van der Waals surface area contributed by atoms with Crippen LogP contribution in [0.1, 0.15) is 46.0 Å². The zero-order valence-electron chi connectivity index (χ0n) is 12.1. The zero-order chi connectivity index (χ0) is 14.5. The number of carbonyl (C=O) groups is 2. The van der Waals surface area contributed by atoms with Gasteiger partial charge in [0.25, 0.3) is 0 Å². The standard InChI is InChI=1S/C15H21N3O2/c1-14(2)7-12(19)18(13(14)20)9-15(8-16,10-3-4-10)17-11-5-6-11/h10-11,17H,3-7,9H2,1-2H3. The molecule has 1 saturated heterocycles. The van der Waals surface area contributed by atoms with Crippen molar-refractivity contribution in [3.8, 4) is 6.07 Å². The molecule has 2 saturated carbocycles. The number of carbonyl (C=O) groups excluding carboxylic acids is 2. The molecule has 0 bridgehead atoms. The van der Waals surface area contributed by atoms with E-state index in [1.54, 1.807) is 13.8 Å². The molecule has 1 unspecified atom stereocenters. The van der Waals surface area contributed by atoms with Crippen LogP contribution in [0.5, 0.6) is 0 Å². The lowest BCUT2D eigenvalue weighted by atomic mass is 9.91. The molecule has 1 heterocycles. The van der Waals surface area contributed by atoms with Crippen molar-refractivity contribution in [2.75, 3.05) is 6.54 Å². The topological polar surface area (TPSA) is 73.2 Å². The normalized spacial score (nSPS) is 28.4. The van der Waals surface area contributed by atoms with Crippen LogP contribution < -0.4 is 5.32 Å². The highest BCUT2D eigenvalue weighted by molar-refractivity contribution is 6.05. The maximum absolute atomic E-state index is 12.3. The molecule has 20 heavy (non-hydrogen) atoms. The van der Waals surface area contributed by atoms with Crippen LogP contribution in [0.15, 0.2) is 0 Å². The summed E-state index contributed by atoms with van der Waals surface area (Å²) >= 11 is 0. The predicted octanol–water partition coefficient (Wildman–Crippen LogP) is 1.20. The Morgan fingerprint density at radius 1 is 1.35 bits per heavy atom. The lowest BCUT2D eigenvalue weighted by Crippen LogP contribution is -2.56. The minimum Gasteiger partial charge on any atom is -0.295 e. The predicted molar refractivity (Wildman–Crippen MR) is 72.3 cm³/mol. The summed E-state index contributed by atoms with van der Waals surface area (Å²) in [5.41, 5.74) is -1.35. The first-order chi connectivity index (χ1) is 9.38. The molecular weight excluding hydrogens is 254 g/mol. The SMILES string of the molecule is CC1(C)CC(=O)N(CC(C#N)(NC2CC2)C2CC2)C1=O. The van der Waals surface area contributed by atoms with E-state index in [1.165, 1.54) is 4.90 Å². The highest BCUT2D eigenvalue weighted by Crippen LogP contribution is 2.43. The van der Waals surface area contributed by atoms with Gasteiger partial charge in [0, 0.05) is 12.5 Å². The van der Waals surface area contributed by atoms with Crippen molar-refractivity contribution < 1.29 is 9.59 Å². The average Bonchev–Trinajstić information content (AvgIpc) is 3.25. The number of nitrogens with one attached hydrogen (secondary N) is 1. The Morgan fingerprint density at radius 3 is 2.40 bits per heavy atom. The van der Waals surface area contributed by atoms with Crippen LogP contribution in [-0.2, 0) is 9.59 Å². The molecule has 1 aliphatic heterocycles. The zero-order valence-corrected chi connectivity index (χ0v) is 12.1. The first kappa shape index (κ1) is 13.6. The molecule has 0 spiro atoms. The Balaban J connectivity index is 1.81. The van der Waals surface area contributed by atoms with Crippen LogP contribution in [-0.4, -0.2) is 34.8 Å². The van der Waals surface area contributed by atoms with Gasteiger partial charge in [-0.1, -0.05) is 13.8 Å². The molecule has 3 rings (SSSR count). The largest absolute Gasteiger partial charge is 0.295 e. The van der Waals surface area contributed by atoms with Gasteiger partial charge in [0.1, 0.15) is 5.54 Å². The van der Waals surface area contributed by atoms with E-state index in [-0.39, 0.29) is 30.7 Å². The van der Waals surface area contributed by atoms with Crippen LogP contribution in [0.2, 0.25) is 0 Å². The summed E-state index contributed by atoms with van der Waals surface area (Å²) in [5.74, 6) is -0.00402. The second kappa shape index (κ2) is 4.29. The third kappa shape index (κ3) is 2.22. The number of nitrogens with zero attached hydrogens (tertiary/aromatic N) is 2. The first-order valence-corrected chi connectivity index (χ1v) is 7.42. The molecule has 1 atom stereocenters. The fourth-order valence-electron chi connectivity index (χ4n) is 3.06. The van der Waals surface area contributed by atoms with E-state index in [9.17, 15) is 14.9 Å². The van der Waals surface area contributed by atoms with Gasteiger partial charge in [-0.15, -0.1) is 0 Å². The molecule has 0 aromatic heterocycles. The second-order valence-electron chi connectivity index (χ2n) is 7.12. The molecule has 5 heteroatoms. The monoisotopic (exact) mass is 275 g/mol. The summed E-state index contributed by atoms with van der Waals surface area (Å²) in [7, 11) is 0. The van der Waals surface area contributed by atoms with Gasteiger partial charge in [-0.3, -0.25) is 19.8 Å². The number of hydrogen-bond acceptors (Lipinski definition) is 4. The maximum Gasteiger partial charge on any atom is 0.235 e. The van der Waals surface area contributed by atoms with E-state index in [1.807, 2.05) is 0 Å². The summed E-state index contributed by atoms with van der Waals surface area (Å²) in [4.78, 5) is 25.8. The van der Waals surface area contributed by atoms with Gasteiger partial charge in [-0.2, -0.15) is 5.26 Å². The van der Waals surface area contributed by atoms with Gasteiger partial charge >= 0.3 is 0 Å². The lowest BCUT2D eigenvalue weighted by Gasteiger charge is -2.32. The molecule has 1 N–H and O–H groups in total. The molecule has 3 aliphatic rings. The Bertz CT molecular complexity index is 500. The fraction of sp³-hybridized carbons (Fsp3) is 0.800. The van der Waals surface area contributed by atoms with Crippen molar-refractivity contribution in [3.63, 3.8) is 0 Å². The molecule has 0 radical (unpaired) electrons. The van der Waals surface area contributed by atoms with Gasteiger partial charge in [0.2, 0.25) is 11.8 Å². The first-order valence-electron chi connectivity index (χ1n) is 7.42. The Kier molecular flexibility index (Phi) is 2.91. The van der Waals surface area contributed by atoms with Gasteiger partial charge in [-0.05, 0) is 31.6 Å². The van der Waals surface area contributed by atoms with Crippen molar-refractivity contribution in [1.29, 1.82) is 5.26 Å². The van der Waals surface area contributed by atoms with E-state index in [4.69, 9.17) is 0 Å². The molecule has 5 nitrogen and oxygen atoms in total. The molecule has 3 fully saturated rings. The Labute approximate surface area is 119 Å². The van der Waals surface area contributed by atoms with Crippen LogP contribution in [0.4, 0.5) is 0 Å². The summed E-state index contributed by atoms with van der Waals surface area (Å²) in [5, 5.41) is 13.1. The molecule has 108 valence electrons. The van der Waals surface area contributed by atoms with Crippen molar-refractivity contribution in [2.45, 2.75) is 57.5 Å². The number of amides is 2. The van der Waals surface area contributed by atoms with Crippen LogP contribution in [0.3, 0.4) is 0 Å². The highest BCUT2D eigenvalue weighted by atomic mass is 16.2. The summed E-state index contributed by atoms with van der Waals surface area (Å²) < 4.78 is 0. The smallest absolute Gasteiger partial charge is 0.235 e. The number of imide groups is 1. The van der Waals surface area contributed by atoms with Gasteiger partial charge in [0.05, 0.1) is 18.0 Å². The van der Waals surface area contributed by atoms with Crippen LogP contribution in [0, 0.1) is 22.7 Å². The number of nitriles is 1. The van der Waals surface area contributed by atoms with Crippen molar-refractivity contribution >= 4 is 11.8 Å². The van der Waals surface area contributed by atoms with Crippen molar-refractivity contribution in [3.05, 3.63) is 0 Å². The second-order valence-corrected chi connectivity index (χ2v) is 7.12. The van der Waals surface area contributed by atoms with E-state index in [0.717, 1.165) is 25.7 Å². The van der Waals surface area contributed by atoms with Gasteiger partial charge in [-0.25, -0.2) is 0 Å². The van der Waals surface area contributed by atoms with Crippen molar-refractivity contribution in [1.82, 2.24) is 10.2 Å². The third-order valence-corrected chi connectivity index (χ3v) is 4.64. The minimum atomic E-state index is -0.729. The van der Waals surface area contributed by atoms with Gasteiger partial charge < -0.3 is 0 Å². The number of rotatable bonds is 5. The number of likely N-dealkylation sites (tertiary alicyclic amines) is 1. The summed E-state index contributed by atoms with van der Waals surface area (Å²) in [6.45, 7) is 3.81. The Hall–Kier alpha value is -1.41. The van der Waals surface area contributed by atoms with Crippen LogP contribution in [0.25, 0.3) is 0 Å². The molecular formula is C15H21N3O2. The summed E-state index contributed by atoms with van der Waals surface area (Å²) in [6.07, 6.45) is 4.44. The van der Waals surface area contributed by atoms with E-state index < -0.39 is 11.0 Å². The van der Waals surface area contributed by atoms with E-state index in [0.29, 0.717) is 6.04 Å². The average molecular weight is 275 g/mol. The molecule has 0 aromatic carbocycles. The molecule has 2 aliphatic carbocycles. The maximum atomic E-state index is 12.3. The van der Waals surface area contributed by atoms with Gasteiger partial charge in [0.15, 0.2) is 0 Å². The van der Waals surface area contributed by atoms with Crippen LogP contribution >= 0.6 is 0 Å². The third-order valence-electron chi connectivity index (χ3n) is 4.64. The summed E-state index contributed by atoms with van der Waals surface area (Å²) in [6, 6.07) is 2.77. The lowest BCUT2D eigenvalue weighted by molar-refractivity contribution is -0.141. The van der Waals surface area contributed by atoms with Crippen molar-refractivity contribution in [2.24, 2.45) is 11.3 Å². The molecule has 0 aromatic rings. The number of hydrogen-bond donors (Lipinski definition) is 1. The van der Waals surface area contributed by atoms with E-state index in [2.05, 4.69) is 11.4 Å². The fourth-order valence-corrected chi connectivity index (χ4v) is 3.06. The quantitative estimate of drug-likeness (QED) is 0.765. The Morgan fingerprint density at radius 2 is 2.00 bits per heavy atom.